The van der Waals surface area contributed by atoms with Gasteiger partial charge in [0.15, 0.2) is 0 Å². The van der Waals surface area contributed by atoms with E-state index in [1.54, 1.807) is 6.07 Å². The molecule has 516 valence electrons. The number of aliphatic hydroxyl groups is 1. The average molecular weight is 1460 g/mol. The van der Waals surface area contributed by atoms with Gasteiger partial charge >= 0.3 is 432 Å². The topological polar surface area (TPSA) is 625 Å². The van der Waals surface area contributed by atoms with Gasteiger partial charge in [0.1, 0.15) is 12.2 Å². The van der Waals surface area contributed by atoms with Gasteiger partial charge in [-0.1, -0.05) is 23.3 Å². The summed E-state index contributed by atoms with van der Waals surface area (Å²) in [5, 5.41) is 23.0. The molecule has 0 amide bonds. The number of benzene rings is 1. The van der Waals surface area contributed by atoms with Crippen LogP contribution < -0.4 is 0 Å². The fraction of sp³-hybridized carbons (Fsp3) is 0.850. The Labute approximate surface area is 537 Å². The molecule has 0 bridgehead atoms. The van der Waals surface area contributed by atoms with Crippen molar-refractivity contribution in [1.82, 2.24) is 0 Å². The second kappa shape index (κ2) is 34.5. The third-order valence-corrected chi connectivity index (χ3v) is 20.0. The molecule has 93 heavy (non-hydrogen) atoms. The molecule has 12 unspecified atom stereocenters. The summed E-state index contributed by atoms with van der Waals surface area (Å²) >= 11 is 0. The number of nitrogens with zero attached hydrogens (tertiary/aromatic N) is 9. The van der Waals surface area contributed by atoms with Crippen molar-refractivity contribution in [1.29, 1.82) is 0 Å². The second-order valence-corrected chi connectivity index (χ2v) is 28.7. The molecule has 0 aliphatic carbocycles. The third kappa shape index (κ3) is 22.9. The van der Waals surface area contributed by atoms with Gasteiger partial charge in [0, 0.05) is 4.91 Å². The van der Waals surface area contributed by atoms with Gasteiger partial charge in [-0.3, -0.25) is 8.37 Å². The molecule has 5 aliphatic rings. The van der Waals surface area contributed by atoms with E-state index in [-0.39, 0.29) is 0 Å². The van der Waals surface area contributed by atoms with Crippen LogP contribution in [0.2, 0.25) is 0 Å². The molecule has 27 atom stereocenters. The fourth-order valence-electron chi connectivity index (χ4n) is 10.9. The molecule has 53 heteroatoms. The Kier molecular flexibility index (Phi) is 29.2. The zero-order chi connectivity index (χ0) is 69.0. The molecular weight excluding hydrogens is 1400 g/mol. The maximum absolute atomic E-state index is 12.8. The first-order valence-corrected chi connectivity index (χ1v) is 36.0. The number of hydrogen-bond donors (Lipinski definition) is 1. The van der Waals surface area contributed by atoms with Crippen molar-refractivity contribution in [3.05, 3.63) is 67.2 Å². The molecule has 5 aliphatic heterocycles. The first-order chi connectivity index (χ1) is 43.5. The third-order valence-electron chi connectivity index (χ3n) is 14.9. The summed E-state index contributed by atoms with van der Waals surface area (Å²) in [6.07, 6.45) is -35.1. The van der Waals surface area contributed by atoms with Crippen molar-refractivity contribution in [2.45, 2.75) is 181 Å². The van der Waals surface area contributed by atoms with Crippen molar-refractivity contribution >= 4 is 96.8 Å². The SMILES string of the molecule is CC1O[C@@H](O[C@@H]2C(COS(=O)(=O)[O-])O[C@@H](O[C@@H]3C(C)O[C@@H](O[C@@H]4C(COS(=O)(=O)[O-])O[C@H](C)C(N=[N+]=[N-])[C@H]4P[B]B=O)C(OS(=O)(=O)[O-])[C@@H]3OCc3ccccc3)C(N=[N+]=[N-])[C@H]2OS(=O)(=O)[O-])C(O)[C@@H](C)[C@@H]1O[C@@H]1OC(COS(=O)(=O)[O-])[C@@H](C)[C@H](P[B]B=O)C1N=[N+]=[N-]. The van der Waals surface area contributed by atoms with Crippen molar-refractivity contribution in [3.63, 3.8) is 0 Å². The molecule has 5 heterocycles. The molecule has 1 N–H and O–H groups in total. The average Bonchev–Trinajstić information content (AvgIpc) is 0.769. The number of hydrogen-bond acceptors (Lipinski definition) is 36. The van der Waals surface area contributed by atoms with Crippen LogP contribution in [0.4, 0.5) is 0 Å². The van der Waals surface area contributed by atoms with E-state index in [0.717, 1.165) is 13.8 Å². The van der Waals surface area contributed by atoms with Crippen LogP contribution in [-0.4, -0.2) is 258 Å². The molecule has 1 aromatic rings. The number of ether oxygens (including phenoxy) is 10. The van der Waals surface area contributed by atoms with Crippen molar-refractivity contribution in [2.24, 2.45) is 27.2 Å². The van der Waals surface area contributed by atoms with Gasteiger partial charge in [-0.25, -0.2) is 16.8 Å². The van der Waals surface area contributed by atoms with E-state index < -0.39 is 247 Å². The van der Waals surface area contributed by atoms with Gasteiger partial charge < -0.3 is 9.11 Å². The van der Waals surface area contributed by atoms with Gasteiger partial charge in [0.05, 0.1) is 6.61 Å². The Morgan fingerprint density at radius 3 is 1.49 bits per heavy atom. The summed E-state index contributed by atoms with van der Waals surface area (Å²) in [5.41, 5.74) is 27.4. The molecule has 42 nitrogen and oxygen atoms in total. The van der Waals surface area contributed by atoms with Crippen LogP contribution >= 0.6 is 16.9 Å². The molecule has 2 radical (unpaired) electrons. The van der Waals surface area contributed by atoms with E-state index in [4.69, 9.17) is 55.7 Å². The standard InChI is InChI=1S/C40H61B4N9O33P2S5/c1-15-21(12-73-89(57,58)59)79-38(26(50-53-47)35(15)87-43-41-55)81-28-16(2)27(54)39(77-18(28)4)83-30-22(13-74-90(60,61)62)80-37(25(49-52-46)32(30)85-92(66,67)68)82-29-19(5)78-40(34(86-93(69,70)71)33(29)72-11-20-9-7-6-8-10-20)84-31-23(14-75-91(63,64)65)76-17(3)24(48-51-45)36(31)88-44-42-56/h6-10,15-19,21-40,54,87-88H,11-14H2,1-5H3,(H,57,58,59)(H,60,61,62)(H,63,64,65)(H,66,67,68)(H,69,70,71)/p-5/t15-,16-,17-,18?,19?,21?,22?,23?,24?,25?,26?,27?,28+,29-,30-,31-,32-,33-,34?,35+,36-,37+,38+,39+,40+/m1/s1. The minimum absolute atomic E-state index is 0.299. The quantitative estimate of drug-likeness (QED) is 0.0150. The molecule has 1 aromatic carbocycles. The van der Waals surface area contributed by atoms with Crippen LogP contribution in [0.25, 0.3) is 31.3 Å². The molecule has 6 rings (SSSR count). The summed E-state index contributed by atoms with van der Waals surface area (Å²) in [6.45, 7) is 4.66. The van der Waals surface area contributed by atoms with Crippen molar-refractivity contribution in [2.75, 3.05) is 19.8 Å². The first-order valence-electron chi connectivity index (χ1n) is 27.0. The van der Waals surface area contributed by atoms with Gasteiger partial charge in [-0.2, -0.15) is 0 Å². The van der Waals surface area contributed by atoms with Crippen molar-refractivity contribution in [3.8, 4) is 0 Å². The predicted molar refractivity (Wildman–Crippen MR) is 303 cm³/mol. The Balaban J connectivity index is 1.40. The Hall–Kier alpha value is -3.22. The fourth-order valence-corrected chi connectivity index (χ4v) is 15.3. The monoisotopic (exact) mass is 1460 g/mol. The normalized spacial score (nSPS) is 37.2. The number of rotatable bonds is 33. The van der Waals surface area contributed by atoms with Crippen LogP contribution in [0.3, 0.4) is 0 Å². The molecule has 5 saturated heterocycles. The predicted octanol–water partition coefficient (Wildman–Crippen LogP) is -2.11. The Bertz CT molecular complexity index is 3440. The summed E-state index contributed by atoms with van der Waals surface area (Å²) in [6, 6.07) is 2.54. The van der Waals surface area contributed by atoms with E-state index in [2.05, 4.69) is 42.6 Å². The van der Waals surface area contributed by atoms with Crippen molar-refractivity contribution < 1.29 is 148 Å². The van der Waals surface area contributed by atoms with E-state index in [1.165, 1.54) is 58.9 Å². The van der Waals surface area contributed by atoms with Crippen LogP contribution in [0.15, 0.2) is 45.7 Å². The molecular formula is C40H56B4N9O33P2S5-5. The summed E-state index contributed by atoms with van der Waals surface area (Å²) in [4.78, 5) is 8.33. The zero-order valence-electron chi connectivity index (χ0n) is 48.5. The van der Waals surface area contributed by atoms with E-state index >= 15 is 0 Å². The van der Waals surface area contributed by atoms with Gasteiger partial charge in [-0.15, -0.1) is 0 Å². The van der Waals surface area contributed by atoms with Crippen LogP contribution in [0.1, 0.15) is 40.2 Å². The number of azide groups is 3. The van der Waals surface area contributed by atoms with Gasteiger partial charge in [0.25, 0.3) is 0 Å². The molecule has 0 spiro atoms. The molecule has 0 saturated carbocycles. The van der Waals surface area contributed by atoms with Gasteiger partial charge in [0.2, 0.25) is 20.8 Å². The van der Waals surface area contributed by atoms with E-state index in [9.17, 15) is 96.0 Å². The summed E-state index contributed by atoms with van der Waals surface area (Å²) in [7, 11) is -29.2. The van der Waals surface area contributed by atoms with Crippen LogP contribution in [0.5, 0.6) is 0 Å². The van der Waals surface area contributed by atoms with Gasteiger partial charge in [-0.05, 0) is 5.53 Å². The summed E-state index contributed by atoms with van der Waals surface area (Å²) < 4.78 is 290. The Morgan fingerprint density at radius 2 is 0.946 bits per heavy atom. The molecule has 0 aromatic heterocycles. The first kappa shape index (κ1) is 78.8. The maximum atomic E-state index is 12.8. The van der Waals surface area contributed by atoms with Crippen LogP contribution in [0, 0.1) is 11.8 Å². The minimum atomic E-state index is -6.13. The molecule has 5 fully saturated rings. The second-order valence-electron chi connectivity index (χ2n) is 20.9. The Morgan fingerprint density at radius 1 is 0.495 bits per heavy atom. The van der Waals surface area contributed by atoms with E-state index in [1.807, 2.05) is 0 Å². The zero-order valence-corrected chi connectivity index (χ0v) is 54.6. The summed E-state index contributed by atoms with van der Waals surface area (Å²) in [5.74, 6) is -2.08. The number of aliphatic hydroxyl groups excluding tert-OH is 1. The van der Waals surface area contributed by atoms with E-state index in [0.29, 0.717) is 19.6 Å². The van der Waals surface area contributed by atoms with Crippen LogP contribution in [-0.2, 0) is 136 Å².